The molecular weight excluding hydrogens is 900 g/mol. The monoisotopic (exact) mass is 958 g/mol. The molecule has 0 radical (unpaired) electrons. The number of thiophene rings is 1. The van der Waals surface area contributed by atoms with Crippen LogP contribution in [0, 0.1) is 27.7 Å². The Balaban J connectivity index is 1.09. The van der Waals surface area contributed by atoms with Crippen molar-refractivity contribution in [1.29, 1.82) is 0 Å². The lowest BCUT2D eigenvalue weighted by atomic mass is 9.36. The van der Waals surface area contributed by atoms with Gasteiger partial charge in [0.25, 0.3) is 6.71 Å². The zero-order chi connectivity index (χ0) is 50.0. The summed E-state index contributed by atoms with van der Waals surface area (Å²) in [5, 5.41) is 1.31. The van der Waals surface area contributed by atoms with Crippen molar-refractivity contribution in [3.05, 3.63) is 232 Å². The van der Waals surface area contributed by atoms with E-state index in [0.717, 1.165) is 0 Å². The SMILES string of the molecule is Cc1ccc(N2c3cc(-c4c(C(C)(C)C)cccc4C(C)(C)C)ccc3B3c4sc5cc6c(cc5c4N(c4ccc(C)cc4)c4cc(C)cc2c43)-c2ccc(C)cc2C62c3ccccc3-c3ccccc32)cc1. The Morgan fingerprint density at radius 1 is 0.438 bits per heavy atom. The first-order valence-corrected chi connectivity index (χ1v) is 27.0. The fourth-order valence-corrected chi connectivity index (χ4v) is 14.9. The number of fused-ring (bicyclic) bond motifs is 16. The van der Waals surface area contributed by atoms with Crippen LogP contribution < -0.4 is 25.5 Å². The van der Waals surface area contributed by atoms with Gasteiger partial charge in [0.15, 0.2) is 0 Å². The second kappa shape index (κ2) is 15.3. The molecule has 0 bridgehead atoms. The highest BCUT2D eigenvalue weighted by Gasteiger charge is 2.53. The van der Waals surface area contributed by atoms with E-state index in [-0.39, 0.29) is 17.5 Å². The van der Waals surface area contributed by atoms with Crippen molar-refractivity contribution in [3.63, 3.8) is 0 Å². The molecule has 4 aliphatic rings. The molecule has 1 spiro atoms. The van der Waals surface area contributed by atoms with Crippen LogP contribution in [0.3, 0.4) is 0 Å². The molecule has 10 aromatic rings. The molecule has 0 amide bonds. The molecule has 9 aromatic carbocycles. The summed E-state index contributed by atoms with van der Waals surface area (Å²) in [4.78, 5) is 5.22. The van der Waals surface area contributed by atoms with E-state index in [0.29, 0.717) is 0 Å². The smallest absolute Gasteiger partial charge is 0.264 e. The Kier molecular flexibility index (Phi) is 9.30. The van der Waals surface area contributed by atoms with Crippen LogP contribution in [0.25, 0.3) is 43.5 Å². The maximum absolute atomic E-state index is 2.63. The molecule has 2 nitrogen and oxygen atoms in total. The average molecular weight is 959 g/mol. The third-order valence-corrected chi connectivity index (χ3v) is 17.9. The van der Waals surface area contributed by atoms with Crippen molar-refractivity contribution in [3.8, 4) is 33.4 Å². The first-order chi connectivity index (χ1) is 35.1. The molecule has 2 aliphatic carbocycles. The Morgan fingerprint density at radius 2 is 0.986 bits per heavy atom. The van der Waals surface area contributed by atoms with Gasteiger partial charge in [0.2, 0.25) is 0 Å². The zero-order valence-electron chi connectivity index (χ0n) is 43.6. The molecular formula is C69H59BN2S. The van der Waals surface area contributed by atoms with Gasteiger partial charge in [-0.25, -0.2) is 0 Å². The topological polar surface area (TPSA) is 6.48 Å². The van der Waals surface area contributed by atoms with Crippen LogP contribution in [0.5, 0.6) is 0 Å². The lowest BCUT2D eigenvalue weighted by Crippen LogP contribution is -2.60. The highest BCUT2D eigenvalue weighted by atomic mass is 32.1. The first-order valence-electron chi connectivity index (χ1n) is 26.2. The summed E-state index contributed by atoms with van der Waals surface area (Å²) in [5.41, 5.74) is 30.9. The maximum atomic E-state index is 2.63. The predicted octanol–water partition coefficient (Wildman–Crippen LogP) is 16.8. The normalized spacial score (nSPS) is 14.5. The Labute approximate surface area is 435 Å². The molecule has 73 heavy (non-hydrogen) atoms. The fourth-order valence-electron chi connectivity index (χ4n) is 13.6. The minimum atomic E-state index is -0.427. The summed E-state index contributed by atoms with van der Waals surface area (Å²) in [5.74, 6) is 0. The molecule has 0 saturated heterocycles. The van der Waals surface area contributed by atoms with Crippen molar-refractivity contribution in [2.45, 2.75) is 85.5 Å². The molecule has 14 rings (SSSR count). The van der Waals surface area contributed by atoms with Gasteiger partial charge in [-0.1, -0.05) is 180 Å². The second-order valence-corrected chi connectivity index (χ2v) is 24.7. The van der Waals surface area contributed by atoms with Crippen molar-refractivity contribution in [1.82, 2.24) is 0 Å². The molecule has 4 heteroatoms. The van der Waals surface area contributed by atoms with E-state index in [1.807, 2.05) is 11.3 Å². The van der Waals surface area contributed by atoms with Crippen LogP contribution in [0.4, 0.5) is 34.1 Å². The van der Waals surface area contributed by atoms with Gasteiger partial charge in [0, 0.05) is 43.3 Å². The molecule has 0 atom stereocenters. The van der Waals surface area contributed by atoms with Crippen molar-refractivity contribution in [2.75, 3.05) is 9.80 Å². The van der Waals surface area contributed by atoms with Crippen LogP contribution in [-0.2, 0) is 16.2 Å². The zero-order valence-corrected chi connectivity index (χ0v) is 44.4. The molecule has 0 unspecified atom stereocenters. The number of aryl methyl sites for hydroxylation is 4. The lowest BCUT2D eigenvalue weighted by Gasteiger charge is -2.43. The Bertz CT molecular complexity index is 3910. The van der Waals surface area contributed by atoms with Crippen molar-refractivity contribution >= 4 is 78.0 Å². The predicted molar refractivity (Wildman–Crippen MR) is 314 cm³/mol. The van der Waals surface area contributed by atoms with E-state index in [4.69, 9.17) is 0 Å². The van der Waals surface area contributed by atoms with Crippen LogP contribution in [0.1, 0.15) is 97.2 Å². The van der Waals surface area contributed by atoms with E-state index in [1.54, 1.807) is 0 Å². The summed E-state index contributed by atoms with van der Waals surface area (Å²) >= 11 is 2.01. The quantitative estimate of drug-likeness (QED) is 0.163. The van der Waals surface area contributed by atoms with Crippen molar-refractivity contribution < 1.29 is 0 Å². The number of rotatable bonds is 3. The summed E-state index contributed by atoms with van der Waals surface area (Å²) in [6, 6.07) is 68.7. The van der Waals surface area contributed by atoms with Gasteiger partial charge in [-0.3, -0.25) is 0 Å². The van der Waals surface area contributed by atoms with Crippen molar-refractivity contribution in [2.24, 2.45) is 0 Å². The van der Waals surface area contributed by atoms with Gasteiger partial charge >= 0.3 is 0 Å². The van der Waals surface area contributed by atoms with E-state index in [9.17, 15) is 0 Å². The Morgan fingerprint density at radius 3 is 1.60 bits per heavy atom. The van der Waals surface area contributed by atoms with E-state index in [2.05, 4.69) is 255 Å². The number of nitrogens with zero attached hydrogens (tertiary/aromatic N) is 2. The number of hydrogen-bond acceptors (Lipinski definition) is 3. The van der Waals surface area contributed by atoms with Crippen LogP contribution >= 0.6 is 11.3 Å². The molecule has 0 fully saturated rings. The van der Waals surface area contributed by atoms with Gasteiger partial charge in [-0.15, -0.1) is 11.3 Å². The van der Waals surface area contributed by atoms with E-state index in [1.165, 1.54) is 149 Å². The number of hydrogen-bond donors (Lipinski definition) is 0. The molecule has 2 aliphatic heterocycles. The fraction of sp³-hybridized carbons (Fsp3) is 0.188. The minimum absolute atomic E-state index is 0.00272. The van der Waals surface area contributed by atoms with Gasteiger partial charge < -0.3 is 9.80 Å². The highest BCUT2D eigenvalue weighted by molar-refractivity contribution is 7.33. The van der Waals surface area contributed by atoms with Gasteiger partial charge in [0.1, 0.15) is 0 Å². The summed E-state index contributed by atoms with van der Waals surface area (Å²) in [6.07, 6.45) is 0. The Hall–Kier alpha value is -7.40. The van der Waals surface area contributed by atoms with Crippen LogP contribution in [0.2, 0.25) is 0 Å². The minimum Gasteiger partial charge on any atom is -0.311 e. The molecule has 1 aromatic heterocycles. The summed E-state index contributed by atoms with van der Waals surface area (Å²) in [6.45, 7) is 23.1. The first kappa shape index (κ1) is 44.3. The molecule has 354 valence electrons. The standard InChI is InChI=1S/C69H59BN2S/c1-40-22-28-45(29-23-40)71-59-37-44(63-54(67(5,6)7)20-15-21-55(63)68(8,9)10)27-33-58(59)70-64-60(71)35-43(4)36-61(64)72(46-30-24-41(2)25-31-46)65-51-38-50-49-32-26-42(3)34-56(49)69(57(50)39-62(51)73-66(65)70)52-18-13-11-16-47(52)48-17-12-14-19-53(48)69/h11-39H,1-10H3. The van der Waals surface area contributed by atoms with Gasteiger partial charge in [0.05, 0.1) is 11.1 Å². The molecule has 0 N–H and O–H groups in total. The summed E-state index contributed by atoms with van der Waals surface area (Å²) in [7, 11) is 0. The maximum Gasteiger partial charge on any atom is 0.264 e. The van der Waals surface area contributed by atoms with E-state index < -0.39 is 5.41 Å². The van der Waals surface area contributed by atoms with Gasteiger partial charge in [-0.2, -0.15) is 0 Å². The highest BCUT2D eigenvalue weighted by Crippen LogP contribution is 2.64. The molecule has 0 saturated carbocycles. The van der Waals surface area contributed by atoms with E-state index >= 15 is 0 Å². The molecule has 3 heterocycles. The third kappa shape index (κ3) is 6.17. The third-order valence-electron chi connectivity index (χ3n) is 16.7. The lowest BCUT2D eigenvalue weighted by molar-refractivity contribution is 0.572. The average Bonchev–Trinajstić information content (AvgIpc) is 4.01. The second-order valence-electron chi connectivity index (χ2n) is 23.6. The summed E-state index contributed by atoms with van der Waals surface area (Å²) < 4.78 is 2.72. The number of benzene rings is 9. The largest absolute Gasteiger partial charge is 0.311 e. The van der Waals surface area contributed by atoms with Crippen LogP contribution in [-0.4, -0.2) is 6.71 Å². The van der Waals surface area contributed by atoms with Gasteiger partial charge in [-0.05, 0) is 176 Å². The van der Waals surface area contributed by atoms with Crippen LogP contribution in [0.15, 0.2) is 176 Å². The number of anilines is 6.